The Labute approximate surface area is 130 Å². The van der Waals surface area contributed by atoms with Gasteiger partial charge < -0.3 is 0 Å². The molecule has 0 saturated heterocycles. The second-order valence-corrected chi connectivity index (χ2v) is 5.72. The van der Waals surface area contributed by atoms with E-state index in [-0.39, 0.29) is 0 Å². The van der Waals surface area contributed by atoms with Crippen LogP contribution in [0.2, 0.25) is 0 Å². The average Bonchev–Trinajstić information content (AvgIpc) is 3.00. The molecule has 22 heavy (non-hydrogen) atoms. The monoisotopic (exact) mass is 295 g/mol. The van der Waals surface area contributed by atoms with Crippen LogP contribution in [-0.4, -0.2) is 25.4 Å². The fourth-order valence-electron chi connectivity index (χ4n) is 2.90. The second-order valence-electron chi connectivity index (χ2n) is 5.72. The number of nitrogens with zero attached hydrogens (tertiary/aromatic N) is 3. The van der Waals surface area contributed by atoms with Gasteiger partial charge in [-0.2, -0.15) is 10.2 Å². The molecule has 0 aliphatic rings. The molecule has 3 aromatic heterocycles. The minimum absolute atomic E-state index is 0.967. The highest BCUT2D eigenvalue weighted by Gasteiger charge is 2.16. The lowest BCUT2D eigenvalue weighted by atomic mass is 10.0. The quantitative estimate of drug-likeness (QED) is 0.774. The Morgan fingerprint density at radius 1 is 0.818 bits per heavy atom. The number of aryl methyl sites for hydroxylation is 5. The molecule has 0 aromatic carbocycles. The van der Waals surface area contributed by atoms with E-state index in [1.807, 2.05) is 27.7 Å². The molecule has 3 heterocycles. The van der Waals surface area contributed by atoms with E-state index in [0.29, 0.717) is 0 Å². The van der Waals surface area contributed by atoms with Crippen molar-refractivity contribution in [2.45, 2.75) is 41.0 Å². The SMILES string of the molecule is CCc1cc(-c2c(C)n[nH]c2C)nc(-c2c(C)n[nH]c2C)c1. The molecule has 0 spiro atoms. The lowest BCUT2D eigenvalue weighted by Crippen LogP contribution is -1.95. The van der Waals surface area contributed by atoms with Crippen molar-refractivity contribution in [2.75, 3.05) is 0 Å². The maximum Gasteiger partial charge on any atom is 0.0749 e. The van der Waals surface area contributed by atoms with Crippen molar-refractivity contribution in [3.63, 3.8) is 0 Å². The fourth-order valence-corrected chi connectivity index (χ4v) is 2.90. The summed E-state index contributed by atoms with van der Waals surface area (Å²) in [7, 11) is 0. The van der Waals surface area contributed by atoms with Crippen LogP contribution in [0.25, 0.3) is 22.5 Å². The Morgan fingerprint density at radius 3 is 1.59 bits per heavy atom. The van der Waals surface area contributed by atoms with Crippen LogP contribution in [0.5, 0.6) is 0 Å². The molecule has 5 heteroatoms. The second kappa shape index (κ2) is 5.40. The van der Waals surface area contributed by atoms with Crippen molar-refractivity contribution in [1.29, 1.82) is 0 Å². The third-order valence-corrected chi connectivity index (χ3v) is 4.06. The van der Waals surface area contributed by atoms with Gasteiger partial charge in [0.1, 0.15) is 0 Å². The standard InChI is InChI=1S/C17H21N5/c1-6-13-7-14(16-9(2)19-20-10(16)3)18-15(8-13)17-11(4)21-22-12(17)5/h7-8H,6H2,1-5H3,(H,19,20)(H,21,22). The van der Waals surface area contributed by atoms with Gasteiger partial charge in [0.2, 0.25) is 0 Å². The fraction of sp³-hybridized carbons (Fsp3) is 0.353. The van der Waals surface area contributed by atoms with E-state index in [9.17, 15) is 0 Å². The summed E-state index contributed by atoms with van der Waals surface area (Å²) < 4.78 is 0. The number of aromatic amines is 2. The van der Waals surface area contributed by atoms with E-state index in [4.69, 9.17) is 4.98 Å². The molecule has 5 nitrogen and oxygen atoms in total. The smallest absolute Gasteiger partial charge is 0.0749 e. The van der Waals surface area contributed by atoms with E-state index in [1.165, 1.54) is 5.56 Å². The summed E-state index contributed by atoms with van der Waals surface area (Å²) in [6.07, 6.45) is 0.967. The molecule has 0 unspecified atom stereocenters. The summed E-state index contributed by atoms with van der Waals surface area (Å²) in [4.78, 5) is 4.89. The number of aromatic nitrogens is 5. The van der Waals surface area contributed by atoms with Gasteiger partial charge in [-0.25, -0.2) is 4.98 Å². The normalized spacial score (nSPS) is 11.1. The van der Waals surface area contributed by atoms with Gasteiger partial charge in [0.15, 0.2) is 0 Å². The van der Waals surface area contributed by atoms with Crippen LogP contribution in [0.15, 0.2) is 12.1 Å². The Kier molecular flexibility index (Phi) is 3.56. The minimum atomic E-state index is 0.967. The average molecular weight is 295 g/mol. The minimum Gasteiger partial charge on any atom is -0.282 e. The van der Waals surface area contributed by atoms with Gasteiger partial charge in [-0.3, -0.25) is 10.2 Å². The Hall–Kier alpha value is -2.43. The zero-order valence-electron chi connectivity index (χ0n) is 13.7. The van der Waals surface area contributed by atoms with Crippen LogP contribution in [0.1, 0.15) is 35.3 Å². The van der Waals surface area contributed by atoms with Crippen LogP contribution >= 0.6 is 0 Å². The molecule has 3 aromatic rings. The maximum absolute atomic E-state index is 4.89. The van der Waals surface area contributed by atoms with E-state index >= 15 is 0 Å². The first kappa shape index (κ1) is 14.5. The lowest BCUT2D eigenvalue weighted by Gasteiger charge is -2.09. The molecule has 0 bridgehead atoms. The van der Waals surface area contributed by atoms with Gasteiger partial charge in [-0.15, -0.1) is 0 Å². The third kappa shape index (κ3) is 2.32. The number of rotatable bonds is 3. The number of H-pyrrole nitrogens is 2. The van der Waals surface area contributed by atoms with Crippen LogP contribution in [0.4, 0.5) is 0 Å². The van der Waals surface area contributed by atoms with E-state index in [0.717, 1.165) is 51.7 Å². The highest BCUT2D eigenvalue weighted by Crippen LogP contribution is 2.30. The molecule has 0 fully saturated rings. The van der Waals surface area contributed by atoms with Gasteiger partial charge in [-0.05, 0) is 51.8 Å². The molecule has 0 amide bonds. The zero-order valence-corrected chi connectivity index (χ0v) is 13.7. The highest BCUT2D eigenvalue weighted by atomic mass is 15.1. The van der Waals surface area contributed by atoms with Crippen LogP contribution in [-0.2, 0) is 6.42 Å². The third-order valence-electron chi connectivity index (χ3n) is 4.06. The molecule has 0 radical (unpaired) electrons. The number of hydrogen-bond donors (Lipinski definition) is 2. The Balaban J connectivity index is 2.24. The van der Waals surface area contributed by atoms with Crippen molar-refractivity contribution in [3.8, 4) is 22.5 Å². The van der Waals surface area contributed by atoms with Crippen molar-refractivity contribution in [2.24, 2.45) is 0 Å². The lowest BCUT2D eigenvalue weighted by molar-refractivity contribution is 1.02. The topological polar surface area (TPSA) is 70.2 Å². The van der Waals surface area contributed by atoms with Gasteiger partial charge in [0.25, 0.3) is 0 Å². The molecule has 0 saturated carbocycles. The van der Waals surface area contributed by atoms with Crippen LogP contribution in [0.3, 0.4) is 0 Å². The first-order valence-electron chi connectivity index (χ1n) is 7.56. The predicted molar refractivity (Wildman–Crippen MR) is 87.7 cm³/mol. The number of nitrogens with one attached hydrogen (secondary N) is 2. The van der Waals surface area contributed by atoms with Gasteiger partial charge in [0, 0.05) is 22.5 Å². The highest BCUT2D eigenvalue weighted by molar-refractivity contribution is 5.72. The molecular weight excluding hydrogens is 274 g/mol. The van der Waals surface area contributed by atoms with E-state index in [1.54, 1.807) is 0 Å². The molecule has 0 aliphatic heterocycles. The predicted octanol–water partition coefficient (Wildman–Crippen LogP) is 3.66. The molecule has 3 rings (SSSR count). The summed E-state index contributed by atoms with van der Waals surface area (Å²) in [6, 6.07) is 4.30. The van der Waals surface area contributed by atoms with Crippen molar-refractivity contribution < 1.29 is 0 Å². The summed E-state index contributed by atoms with van der Waals surface area (Å²) in [5.41, 5.74) is 9.44. The van der Waals surface area contributed by atoms with E-state index < -0.39 is 0 Å². The number of pyridine rings is 1. The van der Waals surface area contributed by atoms with Crippen LogP contribution < -0.4 is 0 Å². The summed E-state index contributed by atoms with van der Waals surface area (Å²) >= 11 is 0. The van der Waals surface area contributed by atoms with Gasteiger partial charge in [0.05, 0.1) is 22.8 Å². The maximum atomic E-state index is 4.89. The largest absolute Gasteiger partial charge is 0.282 e. The first-order valence-corrected chi connectivity index (χ1v) is 7.56. The van der Waals surface area contributed by atoms with E-state index in [2.05, 4.69) is 39.5 Å². The summed E-state index contributed by atoms with van der Waals surface area (Å²) in [6.45, 7) is 10.2. The Bertz CT molecular complexity index is 722. The summed E-state index contributed by atoms with van der Waals surface area (Å²) in [5, 5.41) is 14.7. The van der Waals surface area contributed by atoms with Gasteiger partial charge in [-0.1, -0.05) is 6.92 Å². The summed E-state index contributed by atoms with van der Waals surface area (Å²) in [5.74, 6) is 0. The van der Waals surface area contributed by atoms with Crippen LogP contribution in [0, 0.1) is 27.7 Å². The van der Waals surface area contributed by atoms with Gasteiger partial charge >= 0.3 is 0 Å². The molecule has 114 valence electrons. The van der Waals surface area contributed by atoms with Crippen molar-refractivity contribution in [1.82, 2.24) is 25.4 Å². The molecule has 2 N–H and O–H groups in total. The first-order chi connectivity index (χ1) is 10.5. The zero-order chi connectivity index (χ0) is 15.9. The molecule has 0 atom stereocenters. The molecule has 0 aliphatic carbocycles. The van der Waals surface area contributed by atoms with Crippen molar-refractivity contribution >= 4 is 0 Å². The van der Waals surface area contributed by atoms with Crippen molar-refractivity contribution in [3.05, 3.63) is 40.5 Å². The molecular formula is C17H21N5. The Morgan fingerprint density at radius 2 is 1.27 bits per heavy atom. The number of hydrogen-bond acceptors (Lipinski definition) is 3.